The van der Waals surface area contributed by atoms with E-state index in [1.54, 1.807) is 12.1 Å². The summed E-state index contributed by atoms with van der Waals surface area (Å²) in [6, 6.07) is 11.8. The maximum atomic E-state index is 12.0. The zero-order chi connectivity index (χ0) is 13.1. The molecule has 0 unspecified atom stereocenters. The highest BCUT2D eigenvalue weighted by Crippen LogP contribution is 2.21. The average Bonchev–Trinajstić information content (AvgIpc) is 2.34. The summed E-state index contributed by atoms with van der Waals surface area (Å²) in [5, 5.41) is 12.0. The second kappa shape index (κ2) is 5.23. The molecule has 0 aromatic heterocycles. The van der Waals surface area contributed by atoms with Crippen LogP contribution in [0.15, 0.2) is 46.9 Å². The van der Waals surface area contributed by atoms with E-state index in [9.17, 15) is 9.90 Å². The van der Waals surface area contributed by atoms with Crippen molar-refractivity contribution in [1.82, 2.24) is 0 Å². The number of hydrogen-bond donors (Lipinski definition) is 2. The van der Waals surface area contributed by atoms with E-state index in [2.05, 4.69) is 21.2 Å². The smallest absolute Gasteiger partial charge is 0.255 e. The molecule has 0 heterocycles. The topological polar surface area (TPSA) is 49.3 Å². The maximum Gasteiger partial charge on any atom is 0.255 e. The lowest BCUT2D eigenvalue weighted by atomic mass is 10.1. The third kappa shape index (κ3) is 2.90. The molecule has 2 N–H and O–H groups in total. The number of aromatic hydroxyl groups is 1. The molecule has 0 bridgehead atoms. The van der Waals surface area contributed by atoms with Gasteiger partial charge in [0.25, 0.3) is 5.91 Å². The van der Waals surface area contributed by atoms with Crippen molar-refractivity contribution >= 4 is 27.5 Å². The summed E-state index contributed by atoms with van der Waals surface area (Å²) in [5.41, 5.74) is 2.26. The van der Waals surface area contributed by atoms with Gasteiger partial charge in [-0.1, -0.05) is 22.0 Å². The van der Waals surface area contributed by atoms with Gasteiger partial charge in [-0.3, -0.25) is 4.79 Å². The van der Waals surface area contributed by atoms with Crippen LogP contribution in [-0.2, 0) is 0 Å². The monoisotopic (exact) mass is 305 g/mol. The number of benzene rings is 2. The standard InChI is InChI=1S/C14H12BrNO2/c1-9-2-5-11(15)8-13(9)16-14(18)10-3-6-12(17)7-4-10/h2-8,17H,1H3,(H,16,18). The Morgan fingerprint density at radius 2 is 1.83 bits per heavy atom. The average molecular weight is 306 g/mol. The van der Waals surface area contributed by atoms with E-state index < -0.39 is 0 Å². The molecule has 0 aliphatic rings. The Morgan fingerprint density at radius 1 is 1.17 bits per heavy atom. The summed E-state index contributed by atoms with van der Waals surface area (Å²) >= 11 is 3.37. The third-order valence-electron chi connectivity index (χ3n) is 2.58. The normalized spacial score (nSPS) is 10.1. The van der Waals surface area contributed by atoms with Gasteiger partial charge in [-0.25, -0.2) is 0 Å². The van der Waals surface area contributed by atoms with Crippen molar-refractivity contribution in [2.75, 3.05) is 5.32 Å². The second-order valence-electron chi connectivity index (χ2n) is 3.96. The van der Waals surface area contributed by atoms with E-state index in [0.717, 1.165) is 15.7 Å². The lowest BCUT2D eigenvalue weighted by Gasteiger charge is -2.09. The molecule has 18 heavy (non-hydrogen) atoms. The molecule has 0 atom stereocenters. The lowest BCUT2D eigenvalue weighted by Crippen LogP contribution is -2.12. The number of rotatable bonds is 2. The number of halogens is 1. The van der Waals surface area contributed by atoms with E-state index in [1.807, 2.05) is 25.1 Å². The molecule has 0 saturated carbocycles. The van der Waals surface area contributed by atoms with Crippen molar-refractivity contribution in [3.05, 3.63) is 58.1 Å². The van der Waals surface area contributed by atoms with Gasteiger partial charge in [-0.2, -0.15) is 0 Å². The molecule has 4 heteroatoms. The summed E-state index contributed by atoms with van der Waals surface area (Å²) in [6.07, 6.45) is 0. The van der Waals surface area contributed by atoms with E-state index in [4.69, 9.17) is 0 Å². The SMILES string of the molecule is Cc1ccc(Br)cc1NC(=O)c1ccc(O)cc1. The lowest BCUT2D eigenvalue weighted by molar-refractivity contribution is 0.102. The largest absolute Gasteiger partial charge is 0.508 e. The number of phenols is 1. The van der Waals surface area contributed by atoms with Crippen LogP contribution in [0.2, 0.25) is 0 Å². The predicted molar refractivity (Wildman–Crippen MR) is 74.9 cm³/mol. The first-order valence-corrected chi connectivity index (χ1v) is 6.22. The zero-order valence-electron chi connectivity index (χ0n) is 9.77. The molecule has 92 valence electrons. The fraction of sp³-hybridized carbons (Fsp3) is 0.0714. The Labute approximate surface area is 114 Å². The van der Waals surface area contributed by atoms with Gasteiger partial charge in [-0.05, 0) is 48.9 Å². The molecule has 0 saturated heterocycles. The highest BCUT2D eigenvalue weighted by molar-refractivity contribution is 9.10. The number of aryl methyl sites for hydroxylation is 1. The predicted octanol–water partition coefficient (Wildman–Crippen LogP) is 3.72. The van der Waals surface area contributed by atoms with E-state index in [1.165, 1.54) is 12.1 Å². The number of nitrogens with one attached hydrogen (secondary N) is 1. The molecule has 0 radical (unpaired) electrons. The van der Waals surface area contributed by atoms with Crippen molar-refractivity contribution in [2.24, 2.45) is 0 Å². The third-order valence-corrected chi connectivity index (χ3v) is 3.07. The molecule has 2 rings (SSSR count). The zero-order valence-corrected chi connectivity index (χ0v) is 11.4. The maximum absolute atomic E-state index is 12.0. The van der Waals surface area contributed by atoms with Crippen LogP contribution in [0.25, 0.3) is 0 Å². The first-order chi connectivity index (χ1) is 8.56. The van der Waals surface area contributed by atoms with Crippen LogP contribution in [0.1, 0.15) is 15.9 Å². The molecule has 0 aliphatic heterocycles. The van der Waals surface area contributed by atoms with Crippen LogP contribution >= 0.6 is 15.9 Å². The summed E-state index contributed by atoms with van der Waals surface area (Å²) in [4.78, 5) is 12.0. The van der Waals surface area contributed by atoms with Crippen molar-refractivity contribution in [1.29, 1.82) is 0 Å². The van der Waals surface area contributed by atoms with Gasteiger partial charge < -0.3 is 10.4 Å². The summed E-state index contributed by atoms with van der Waals surface area (Å²) in [7, 11) is 0. The van der Waals surface area contributed by atoms with Crippen molar-refractivity contribution in [3.63, 3.8) is 0 Å². The molecule has 0 fully saturated rings. The highest BCUT2D eigenvalue weighted by Gasteiger charge is 2.07. The summed E-state index contributed by atoms with van der Waals surface area (Å²) < 4.78 is 0.911. The number of phenolic OH excluding ortho intramolecular Hbond substituents is 1. The Morgan fingerprint density at radius 3 is 2.50 bits per heavy atom. The van der Waals surface area contributed by atoms with Gasteiger partial charge in [0.05, 0.1) is 0 Å². The fourth-order valence-corrected chi connectivity index (χ4v) is 1.90. The van der Waals surface area contributed by atoms with Gasteiger partial charge in [0.2, 0.25) is 0 Å². The molecule has 1 amide bonds. The number of amides is 1. The van der Waals surface area contributed by atoms with Gasteiger partial charge in [0, 0.05) is 15.7 Å². The minimum Gasteiger partial charge on any atom is -0.508 e. The van der Waals surface area contributed by atoms with Crippen molar-refractivity contribution < 1.29 is 9.90 Å². The minimum absolute atomic E-state index is 0.144. The quantitative estimate of drug-likeness (QED) is 0.888. The first-order valence-electron chi connectivity index (χ1n) is 5.43. The first kappa shape index (κ1) is 12.6. The van der Waals surface area contributed by atoms with Crippen LogP contribution in [0.5, 0.6) is 5.75 Å². The van der Waals surface area contributed by atoms with Gasteiger partial charge in [0.15, 0.2) is 0 Å². The number of hydrogen-bond acceptors (Lipinski definition) is 2. The molecular formula is C14H12BrNO2. The number of carbonyl (C=O) groups is 1. The summed E-state index contributed by atoms with van der Waals surface area (Å²) in [6.45, 7) is 1.93. The molecule has 2 aromatic carbocycles. The van der Waals surface area contributed by atoms with Gasteiger partial charge in [0.1, 0.15) is 5.75 Å². The fourth-order valence-electron chi connectivity index (χ4n) is 1.54. The Hall–Kier alpha value is -1.81. The minimum atomic E-state index is -0.198. The van der Waals surface area contributed by atoms with Gasteiger partial charge in [-0.15, -0.1) is 0 Å². The van der Waals surface area contributed by atoms with Crippen LogP contribution in [0.3, 0.4) is 0 Å². The Kier molecular flexibility index (Phi) is 3.67. The van der Waals surface area contributed by atoms with E-state index >= 15 is 0 Å². The Balaban J connectivity index is 2.21. The van der Waals surface area contributed by atoms with Crippen molar-refractivity contribution in [3.8, 4) is 5.75 Å². The summed E-state index contributed by atoms with van der Waals surface area (Å²) in [5.74, 6) is -0.0543. The van der Waals surface area contributed by atoms with E-state index in [-0.39, 0.29) is 11.7 Å². The van der Waals surface area contributed by atoms with Crippen LogP contribution in [0, 0.1) is 6.92 Å². The number of carbonyl (C=O) groups excluding carboxylic acids is 1. The molecule has 3 nitrogen and oxygen atoms in total. The molecule has 0 spiro atoms. The molecule has 0 aliphatic carbocycles. The van der Waals surface area contributed by atoms with E-state index in [0.29, 0.717) is 5.56 Å². The molecular weight excluding hydrogens is 294 g/mol. The van der Waals surface area contributed by atoms with Crippen LogP contribution in [-0.4, -0.2) is 11.0 Å². The van der Waals surface area contributed by atoms with Crippen molar-refractivity contribution in [2.45, 2.75) is 6.92 Å². The Bertz CT molecular complexity index is 579. The van der Waals surface area contributed by atoms with Crippen LogP contribution < -0.4 is 5.32 Å². The highest BCUT2D eigenvalue weighted by atomic mass is 79.9. The second-order valence-corrected chi connectivity index (χ2v) is 4.88. The molecule has 2 aromatic rings. The number of anilines is 1. The van der Waals surface area contributed by atoms with Crippen LogP contribution in [0.4, 0.5) is 5.69 Å². The van der Waals surface area contributed by atoms with Gasteiger partial charge >= 0.3 is 0 Å².